The summed E-state index contributed by atoms with van der Waals surface area (Å²) in [7, 11) is 1.60. The second-order valence-electron chi connectivity index (χ2n) is 6.47. The summed E-state index contributed by atoms with van der Waals surface area (Å²) in [5, 5.41) is 5.35. The molecule has 1 unspecified atom stereocenters. The fourth-order valence-corrected chi connectivity index (χ4v) is 4.16. The van der Waals surface area contributed by atoms with Crippen molar-refractivity contribution in [2.75, 3.05) is 32.2 Å². The van der Waals surface area contributed by atoms with Crippen molar-refractivity contribution >= 4 is 23.8 Å². The number of alkyl carbamates (subject to hydrolysis) is 1. The highest BCUT2D eigenvalue weighted by atomic mass is 32.2. The van der Waals surface area contributed by atoms with Gasteiger partial charge in [-0.05, 0) is 28.5 Å². The molecule has 2 N–H and O–H groups in total. The second-order valence-corrected chi connectivity index (χ2v) is 7.38. The molecule has 1 aliphatic carbocycles. The summed E-state index contributed by atoms with van der Waals surface area (Å²) in [4.78, 5) is 24.0. The van der Waals surface area contributed by atoms with E-state index in [2.05, 4.69) is 34.9 Å². The van der Waals surface area contributed by atoms with E-state index in [4.69, 9.17) is 4.74 Å². The molecule has 0 heterocycles. The van der Waals surface area contributed by atoms with Crippen LogP contribution in [-0.2, 0) is 9.53 Å². The molecule has 0 radical (unpaired) electrons. The van der Waals surface area contributed by atoms with E-state index in [1.807, 2.05) is 30.5 Å². The Balaban J connectivity index is 1.61. The molecule has 3 rings (SSSR count). The molecule has 5 nitrogen and oxygen atoms in total. The zero-order valence-electron chi connectivity index (χ0n) is 15.5. The van der Waals surface area contributed by atoms with Crippen LogP contribution >= 0.6 is 11.8 Å². The van der Waals surface area contributed by atoms with Crippen molar-refractivity contribution in [2.24, 2.45) is 5.92 Å². The Morgan fingerprint density at radius 1 is 1.07 bits per heavy atom. The monoisotopic (exact) mass is 384 g/mol. The molecule has 2 aromatic rings. The van der Waals surface area contributed by atoms with Crippen molar-refractivity contribution in [3.63, 3.8) is 0 Å². The zero-order valence-corrected chi connectivity index (χ0v) is 16.3. The largest absolute Gasteiger partial charge is 0.449 e. The minimum absolute atomic E-state index is 0.0316. The quantitative estimate of drug-likeness (QED) is 0.769. The molecule has 0 bridgehead atoms. The molecule has 1 aliphatic rings. The van der Waals surface area contributed by atoms with Gasteiger partial charge in [0, 0.05) is 25.3 Å². The van der Waals surface area contributed by atoms with Crippen molar-refractivity contribution in [1.82, 2.24) is 10.6 Å². The van der Waals surface area contributed by atoms with Crippen molar-refractivity contribution in [3.05, 3.63) is 59.7 Å². The third kappa shape index (κ3) is 4.27. The Labute approximate surface area is 163 Å². The minimum atomic E-state index is -0.494. The van der Waals surface area contributed by atoms with Gasteiger partial charge in [0.25, 0.3) is 0 Å². The summed E-state index contributed by atoms with van der Waals surface area (Å²) in [5.74, 6) is 0.321. The zero-order chi connectivity index (χ0) is 19.2. The molecule has 27 heavy (non-hydrogen) atoms. The van der Waals surface area contributed by atoms with E-state index >= 15 is 0 Å². The van der Waals surface area contributed by atoms with Crippen molar-refractivity contribution < 1.29 is 14.3 Å². The van der Waals surface area contributed by atoms with Crippen molar-refractivity contribution in [3.8, 4) is 11.1 Å². The number of benzene rings is 2. The SMILES string of the molecule is CNC(=O)C(CNC(=O)OCC1c2ccccc2-c2ccccc21)CSC. The highest BCUT2D eigenvalue weighted by Crippen LogP contribution is 2.44. The number of carbonyl (C=O) groups excluding carboxylic acids is 2. The first-order chi connectivity index (χ1) is 13.2. The Morgan fingerprint density at radius 2 is 1.67 bits per heavy atom. The summed E-state index contributed by atoms with van der Waals surface area (Å²) in [6.45, 7) is 0.532. The molecule has 0 aromatic heterocycles. The van der Waals surface area contributed by atoms with E-state index in [-0.39, 0.29) is 30.9 Å². The number of rotatable bonds is 7. The highest BCUT2D eigenvalue weighted by Gasteiger charge is 2.29. The van der Waals surface area contributed by atoms with Crippen LogP contribution < -0.4 is 10.6 Å². The maximum Gasteiger partial charge on any atom is 0.407 e. The first kappa shape index (κ1) is 19.3. The first-order valence-corrected chi connectivity index (χ1v) is 10.3. The fraction of sp³-hybridized carbons (Fsp3) is 0.333. The van der Waals surface area contributed by atoms with Gasteiger partial charge in [0.15, 0.2) is 0 Å². The van der Waals surface area contributed by atoms with E-state index in [1.165, 1.54) is 22.3 Å². The summed E-state index contributed by atoms with van der Waals surface area (Å²) in [6.07, 6.45) is 1.44. The molecule has 1 atom stereocenters. The number of amides is 2. The third-order valence-electron chi connectivity index (χ3n) is 4.82. The summed E-state index contributed by atoms with van der Waals surface area (Å²) < 4.78 is 5.49. The minimum Gasteiger partial charge on any atom is -0.449 e. The summed E-state index contributed by atoms with van der Waals surface area (Å²) in [6, 6.07) is 16.4. The first-order valence-electron chi connectivity index (χ1n) is 8.95. The Kier molecular flexibility index (Phi) is 6.40. The van der Waals surface area contributed by atoms with Gasteiger partial charge in [-0.15, -0.1) is 0 Å². The molecule has 0 saturated carbocycles. The fourth-order valence-electron chi connectivity index (χ4n) is 3.49. The van der Waals surface area contributed by atoms with Crippen LogP contribution in [0.4, 0.5) is 4.79 Å². The smallest absolute Gasteiger partial charge is 0.407 e. The van der Waals surface area contributed by atoms with Gasteiger partial charge in [0.05, 0.1) is 5.92 Å². The molecule has 0 fully saturated rings. The van der Waals surface area contributed by atoms with E-state index in [0.29, 0.717) is 5.75 Å². The van der Waals surface area contributed by atoms with Crippen LogP contribution in [0.25, 0.3) is 11.1 Å². The Hall–Kier alpha value is -2.47. The van der Waals surface area contributed by atoms with Crippen LogP contribution in [0.2, 0.25) is 0 Å². The van der Waals surface area contributed by atoms with Crippen molar-refractivity contribution in [2.45, 2.75) is 5.92 Å². The van der Waals surface area contributed by atoms with Gasteiger partial charge in [-0.25, -0.2) is 4.79 Å². The number of ether oxygens (including phenoxy) is 1. The summed E-state index contributed by atoms with van der Waals surface area (Å²) >= 11 is 1.57. The molecule has 2 aromatic carbocycles. The standard InChI is InChI=1S/C21H24N2O3S/c1-22-20(24)14(13-27-2)11-23-21(25)26-12-19-17-9-5-3-7-15(17)16-8-4-6-10-18(16)19/h3-10,14,19H,11-13H2,1-2H3,(H,22,24)(H,23,25). The Bertz CT molecular complexity index is 779. The van der Waals surface area contributed by atoms with Crippen LogP contribution in [0, 0.1) is 5.92 Å². The maximum absolute atomic E-state index is 12.2. The van der Waals surface area contributed by atoms with E-state index in [0.717, 1.165) is 0 Å². The molecular weight excluding hydrogens is 360 g/mol. The van der Waals surface area contributed by atoms with E-state index < -0.39 is 6.09 Å². The molecule has 6 heteroatoms. The number of hydrogen-bond donors (Lipinski definition) is 2. The van der Waals surface area contributed by atoms with Crippen LogP contribution in [0.15, 0.2) is 48.5 Å². The molecule has 2 amide bonds. The average Bonchev–Trinajstić information content (AvgIpc) is 3.03. The lowest BCUT2D eigenvalue weighted by Crippen LogP contribution is -2.39. The van der Waals surface area contributed by atoms with Gasteiger partial charge in [0.2, 0.25) is 5.91 Å². The van der Waals surface area contributed by atoms with Gasteiger partial charge >= 0.3 is 6.09 Å². The third-order valence-corrected chi connectivity index (χ3v) is 5.56. The normalized spacial score (nSPS) is 13.4. The molecule has 142 valence electrons. The molecule has 0 aliphatic heterocycles. The van der Waals surface area contributed by atoms with Gasteiger partial charge in [-0.1, -0.05) is 48.5 Å². The average molecular weight is 385 g/mol. The predicted molar refractivity (Wildman–Crippen MR) is 109 cm³/mol. The summed E-state index contributed by atoms with van der Waals surface area (Å²) in [5.41, 5.74) is 4.75. The number of hydrogen-bond acceptors (Lipinski definition) is 4. The molecular formula is C21H24N2O3S. The van der Waals surface area contributed by atoms with Crippen LogP contribution in [0.3, 0.4) is 0 Å². The van der Waals surface area contributed by atoms with Gasteiger partial charge in [-0.2, -0.15) is 11.8 Å². The maximum atomic E-state index is 12.2. The second kappa shape index (κ2) is 8.95. The highest BCUT2D eigenvalue weighted by molar-refractivity contribution is 7.98. The van der Waals surface area contributed by atoms with Gasteiger partial charge < -0.3 is 15.4 Å². The molecule has 0 saturated heterocycles. The number of nitrogens with one attached hydrogen (secondary N) is 2. The number of carbonyl (C=O) groups is 2. The lowest BCUT2D eigenvalue weighted by molar-refractivity contribution is -0.123. The van der Waals surface area contributed by atoms with Crippen LogP contribution in [0.1, 0.15) is 17.0 Å². The van der Waals surface area contributed by atoms with Crippen LogP contribution in [0.5, 0.6) is 0 Å². The van der Waals surface area contributed by atoms with Gasteiger partial charge in [0.1, 0.15) is 6.61 Å². The number of thioether (sulfide) groups is 1. The van der Waals surface area contributed by atoms with E-state index in [1.54, 1.807) is 18.8 Å². The van der Waals surface area contributed by atoms with Gasteiger partial charge in [-0.3, -0.25) is 4.79 Å². The predicted octanol–water partition coefficient (Wildman–Crippen LogP) is 3.25. The lowest BCUT2D eigenvalue weighted by Gasteiger charge is -2.17. The topological polar surface area (TPSA) is 67.4 Å². The van der Waals surface area contributed by atoms with E-state index in [9.17, 15) is 9.59 Å². The Morgan fingerprint density at radius 3 is 2.22 bits per heavy atom. The molecule has 0 spiro atoms. The number of fused-ring (bicyclic) bond motifs is 3. The van der Waals surface area contributed by atoms with Crippen LogP contribution in [-0.4, -0.2) is 44.2 Å². The van der Waals surface area contributed by atoms with Crippen molar-refractivity contribution in [1.29, 1.82) is 0 Å². The lowest BCUT2D eigenvalue weighted by atomic mass is 9.98.